The summed E-state index contributed by atoms with van der Waals surface area (Å²) in [5, 5.41) is 8.67. The van der Waals surface area contributed by atoms with Crippen molar-refractivity contribution in [3.05, 3.63) is 70.8 Å². The summed E-state index contributed by atoms with van der Waals surface area (Å²) >= 11 is 0. The Morgan fingerprint density at radius 1 is 0.606 bits per heavy atom. The first-order chi connectivity index (χ1) is 16.2. The summed E-state index contributed by atoms with van der Waals surface area (Å²) in [6, 6.07) is 16.5. The fourth-order valence-electron chi connectivity index (χ4n) is 4.52. The molecule has 2 aromatic carbocycles. The largest absolute Gasteiger partial charge is 0.273 e. The van der Waals surface area contributed by atoms with Crippen LogP contribution in [-0.2, 0) is 22.4 Å². The van der Waals surface area contributed by atoms with Crippen molar-refractivity contribution in [3.8, 4) is 0 Å². The highest BCUT2D eigenvalue weighted by Gasteiger charge is 2.18. The number of hydrazone groups is 2. The zero-order valence-corrected chi connectivity index (χ0v) is 19.1. The number of carbonyl (C=O) groups excluding carboxylic acids is 2. The predicted molar refractivity (Wildman–Crippen MR) is 131 cm³/mol. The first-order valence-corrected chi connectivity index (χ1v) is 12.1. The molecule has 2 aromatic rings. The minimum Gasteiger partial charge on any atom is -0.273 e. The van der Waals surface area contributed by atoms with E-state index >= 15 is 0 Å². The number of fused-ring (bicyclic) bond motifs is 2. The van der Waals surface area contributed by atoms with Crippen LogP contribution < -0.4 is 10.9 Å². The Kier molecular flexibility index (Phi) is 8.01. The van der Waals surface area contributed by atoms with Crippen LogP contribution in [0.5, 0.6) is 0 Å². The van der Waals surface area contributed by atoms with E-state index in [1.807, 2.05) is 24.3 Å². The first-order valence-electron chi connectivity index (χ1n) is 12.1. The zero-order chi connectivity index (χ0) is 22.9. The van der Waals surface area contributed by atoms with E-state index in [0.717, 1.165) is 80.3 Å². The zero-order valence-electron chi connectivity index (χ0n) is 19.1. The van der Waals surface area contributed by atoms with Gasteiger partial charge in [-0.05, 0) is 49.7 Å². The van der Waals surface area contributed by atoms with E-state index in [-0.39, 0.29) is 11.8 Å². The van der Waals surface area contributed by atoms with Crippen LogP contribution in [-0.4, -0.2) is 23.2 Å². The number of hydrogen-bond acceptors (Lipinski definition) is 4. The molecule has 4 rings (SSSR count). The van der Waals surface area contributed by atoms with Gasteiger partial charge in [0.05, 0.1) is 11.4 Å². The lowest BCUT2D eigenvalue weighted by Crippen LogP contribution is -2.19. The Hall–Kier alpha value is -3.28. The number of nitrogens with zero attached hydrogens (tertiary/aromatic N) is 2. The third-order valence-electron chi connectivity index (χ3n) is 6.36. The molecule has 0 saturated carbocycles. The molecule has 0 aromatic heterocycles. The molecule has 172 valence electrons. The Morgan fingerprint density at radius 2 is 1.03 bits per heavy atom. The van der Waals surface area contributed by atoms with Crippen LogP contribution in [0.25, 0.3) is 0 Å². The number of benzene rings is 2. The van der Waals surface area contributed by atoms with E-state index in [0.29, 0.717) is 12.8 Å². The smallest absolute Gasteiger partial charge is 0.240 e. The quantitative estimate of drug-likeness (QED) is 0.413. The lowest BCUT2D eigenvalue weighted by Gasteiger charge is -2.04. The van der Waals surface area contributed by atoms with Gasteiger partial charge in [0.1, 0.15) is 0 Å². The predicted octanol–water partition coefficient (Wildman–Crippen LogP) is 4.65. The molecule has 0 atom stereocenters. The molecule has 33 heavy (non-hydrogen) atoms. The second-order valence-corrected chi connectivity index (χ2v) is 8.77. The molecule has 6 heteroatoms. The van der Waals surface area contributed by atoms with E-state index in [4.69, 9.17) is 0 Å². The first kappa shape index (κ1) is 22.9. The van der Waals surface area contributed by atoms with E-state index in [1.54, 1.807) is 0 Å². The molecule has 0 heterocycles. The summed E-state index contributed by atoms with van der Waals surface area (Å²) < 4.78 is 0. The van der Waals surface area contributed by atoms with Crippen LogP contribution in [0.3, 0.4) is 0 Å². The van der Waals surface area contributed by atoms with Gasteiger partial charge in [-0.1, -0.05) is 67.8 Å². The second kappa shape index (κ2) is 11.5. The van der Waals surface area contributed by atoms with Crippen molar-refractivity contribution in [1.82, 2.24) is 10.9 Å². The summed E-state index contributed by atoms with van der Waals surface area (Å²) in [5.41, 5.74) is 12.3. The van der Waals surface area contributed by atoms with Crippen LogP contribution in [0.4, 0.5) is 0 Å². The Morgan fingerprint density at radius 3 is 1.52 bits per heavy atom. The summed E-state index contributed by atoms with van der Waals surface area (Å²) in [6.45, 7) is 0. The SMILES string of the molecule is O=C(CCCCCCCC(=O)N/N=C1\CCc2ccccc21)N/N=C1/CCc2ccccc21. The van der Waals surface area contributed by atoms with Crippen LogP contribution in [0, 0.1) is 0 Å². The number of aryl methyl sites for hydroxylation is 2. The van der Waals surface area contributed by atoms with E-state index in [9.17, 15) is 9.59 Å². The van der Waals surface area contributed by atoms with Gasteiger partial charge in [0.2, 0.25) is 11.8 Å². The van der Waals surface area contributed by atoms with Gasteiger partial charge in [0.25, 0.3) is 0 Å². The van der Waals surface area contributed by atoms with Gasteiger partial charge in [0.15, 0.2) is 0 Å². The molecule has 0 spiro atoms. The van der Waals surface area contributed by atoms with Gasteiger partial charge in [-0.25, -0.2) is 10.9 Å². The summed E-state index contributed by atoms with van der Waals surface area (Å²) in [4.78, 5) is 24.1. The highest BCUT2D eigenvalue weighted by molar-refractivity contribution is 6.05. The third kappa shape index (κ3) is 6.37. The number of hydrogen-bond donors (Lipinski definition) is 2. The van der Waals surface area contributed by atoms with Crippen molar-refractivity contribution >= 4 is 23.2 Å². The maximum atomic E-state index is 12.1. The molecule has 2 amide bonds. The van der Waals surface area contributed by atoms with Crippen molar-refractivity contribution < 1.29 is 9.59 Å². The van der Waals surface area contributed by atoms with Crippen molar-refractivity contribution in [2.24, 2.45) is 10.2 Å². The standard InChI is InChI=1S/C27H32N4O2/c32-26(30-28-24-18-16-20-10-6-8-12-22(20)24)14-4-2-1-3-5-15-27(33)31-29-25-19-17-21-11-7-9-13-23(21)25/h6-13H,1-5,14-19H2,(H,30,32)(H,31,33)/b28-24-,29-25+. The lowest BCUT2D eigenvalue weighted by molar-refractivity contribution is -0.121. The van der Waals surface area contributed by atoms with Crippen LogP contribution in [0.15, 0.2) is 58.7 Å². The molecule has 0 radical (unpaired) electrons. The second-order valence-electron chi connectivity index (χ2n) is 8.77. The molecule has 0 saturated heterocycles. The molecular weight excluding hydrogens is 412 g/mol. The highest BCUT2D eigenvalue weighted by atomic mass is 16.2. The molecule has 0 bridgehead atoms. The van der Waals surface area contributed by atoms with Crippen molar-refractivity contribution in [2.75, 3.05) is 0 Å². The minimum absolute atomic E-state index is 0.0288. The van der Waals surface area contributed by atoms with Gasteiger partial charge in [0, 0.05) is 24.0 Å². The number of unbranched alkanes of at least 4 members (excludes halogenated alkanes) is 4. The molecule has 0 fully saturated rings. The number of amides is 2. The van der Waals surface area contributed by atoms with Crippen LogP contribution in [0.2, 0.25) is 0 Å². The molecule has 6 nitrogen and oxygen atoms in total. The normalized spacial score (nSPS) is 16.6. The molecular formula is C27H32N4O2. The summed E-state index contributed by atoms with van der Waals surface area (Å²) in [5.74, 6) is -0.0577. The van der Waals surface area contributed by atoms with Crippen molar-refractivity contribution in [3.63, 3.8) is 0 Å². The molecule has 2 aliphatic rings. The Labute approximate surface area is 195 Å². The third-order valence-corrected chi connectivity index (χ3v) is 6.36. The summed E-state index contributed by atoms with van der Waals surface area (Å²) in [7, 11) is 0. The fourth-order valence-corrected chi connectivity index (χ4v) is 4.52. The van der Waals surface area contributed by atoms with Crippen LogP contribution >= 0.6 is 0 Å². The lowest BCUT2D eigenvalue weighted by atomic mass is 10.1. The van der Waals surface area contributed by atoms with Gasteiger partial charge in [-0.15, -0.1) is 0 Å². The Balaban J connectivity index is 1.05. The fraction of sp³-hybridized carbons (Fsp3) is 0.407. The van der Waals surface area contributed by atoms with Gasteiger partial charge >= 0.3 is 0 Å². The van der Waals surface area contributed by atoms with Crippen LogP contribution in [0.1, 0.15) is 80.0 Å². The molecule has 2 aliphatic carbocycles. The Bertz CT molecular complexity index is 974. The number of nitrogens with one attached hydrogen (secondary N) is 2. The molecule has 0 unspecified atom stereocenters. The van der Waals surface area contributed by atoms with Crippen molar-refractivity contribution in [1.29, 1.82) is 0 Å². The topological polar surface area (TPSA) is 82.9 Å². The van der Waals surface area contributed by atoms with Gasteiger partial charge in [-0.3, -0.25) is 9.59 Å². The average molecular weight is 445 g/mol. The maximum absolute atomic E-state index is 12.1. The van der Waals surface area contributed by atoms with Crippen molar-refractivity contribution in [2.45, 2.75) is 70.6 Å². The maximum Gasteiger partial charge on any atom is 0.240 e. The number of carbonyl (C=O) groups is 2. The minimum atomic E-state index is -0.0288. The highest BCUT2D eigenvalue weighted by Crippen LogP contribution is 2.22. The van der Waals surface area contributed by atoms with E-state index < -0.39 is 0 Å². The van der Waals surface area contributed by atoms with Gasteiger partial charge < -0.3 is 0 Å². The number of rotatable bonds is 10. The molecule has 2 N–H and O–H groups in total. The average Bonchev–Trinajstić information content (AvgIpc) is 3.45. The van der Waals surface area contributed by atoms with Gasteiger partial charge in [-0.2, -0.15) is 10.2 Å². The summed E-state index contributed by atoms with van der Waals surface area (Å²) in [6.07, 6.45) is 9.37. The molecule has 0 aliphatic heterocycles. The monoisotopic (exact) mass is 444 g/mol. The van der Waals surface area contributed by atoms with E-state index in [1.165, 1.54) is 11.1 Å². The van der Waals surface area contributed by atoms with E-state index in [2.05, 4.69) is 45.3 Å².